The summed E-state index contributed by atoms with van der Waals surface area (Å²) < 4.78 is 14.9. The van der Waals surface area contributed by atoms with Crippen LogP contribution < -0.4 is 0 Å². The molecule has 1 aromatic rings. The molecule has 1 atom stereocenters. The minimum absolute atomic E-state index is 0.0145. The molecule has 5 rings (SSSR count). The quantitative estimate of drug-likeness (QED) is 0.809. The zero-order valence-corrected chi connectivity index (χ0v) is 17.2. The summed E-state index contributed by atoms with van der Waals surface area (Å²) >= 11 is 0. The predicted octanol–water partition coefficient (Wildman–Crippen LogP) is 2.05. The van der Waals surface area contributed by atoms with Crippen LogP contribution in [0.3, 0.4) is 0 Å². The van der Waals surface area contributed by atoms with E-state index in [0.29, 0.717) is 44.6 Å². The molecule has 2 amide bonds. The van der Waals surface area contributed by atoms with Crippen molar-refractivity contribution in [2.24, 2.45) is 10.2 Å². The normalized spacial score (nSPS) is 23.7. The fourth-order valence-corrected chi connectivity index (χ4v) is 4.29. The molecule has 31 heavy (non-hydrogen) atoms. The highest BCUT2D eigenvalue weighted by Crippen LogP contribution is 2.37. The van der Waals surface area contributed by atoms with Crippen LogP contribution in [0.2, 0.25) is 0 Å². The van der Waals surface area contributed by atoms with Crippen LogP contribution in [0.4, 0.5) is 4.39 Å². The molecule has 8 heteroatoms. The van der Waals surface area contributed by atoms with Gasteiger partial charge >= 0.3 is 0 Å². The molecule has 4 aliphatic rings. The van der Waals surface area contributed by atoms with E-state index in [2.05, 4.69) is 10.2 Å². The number of piperazine rings is 1. The van der Waals surface area contributed by atoms with Gasteiger partial charge in [0.1, 0.15) is 11.4 Å². The van der Waals surface area contributed by atoms with Crippen LogP contribution in [0.1, 0.15) is 41.6 Å². The molecule has 0 spiro atoms. The van der Waals surface area contributed by atoms with E-state index in [4.69, 9.17) is 0 Å². The van der Waals surface area contributed by atoms with Gasteiger partial charge in [-0.1, -0.05) is 24.3 Å². The molecule has 7 nitrogen and oxygen atoms in total. The lowest BCUT2D eigenvalue weighted by Crippen LogP contribution is -2.53. The standard InChI is InChI=1S/C23H23FN4O3/c1-14-16-3-2-4-17(20(16)26-25-14)15-5-6-18(19(24)13-15)21(29)27-9-11-28(12-10-27)22(30)23(31)7-8-23/h2-6,13,17,31H,7-12H2,1H3. The predicted molar refractivity (Wildman–Crippen MR) is 114 cm³/mol. The molecule has 1 N–H and O–H groups in total. The number of nitrogens with zero attached hydrogens (tertiary/aromatic N) is 4. The molecule has 0 aromatic heterocycles. The number of amides is 2. The molecule has 1 saturated heterocycles. The molecule has 0 bridgehead atoms. The molecule has 1 aromatic carbocycles. The second kappa shape index (κ2) is 7.23. The Morgan fingerprint density at radius 3 is 2.52 bits per heavy atom. The third kappa shape index (κ3) is 3.40. The molecule has 160 valence electrons. The summed E-state index contributed by atoms with van der Waals surface area (Å²) in [7, 11) is 0. The first-order valence-electron chi connectivity index (χ1n) is 10.5. The number of hydrogen-bond acceptors (Lipinski definition) is 5. The van der Waals surface area contributed by atoms with Crippen LogP contribution in [0.5, 0.6) is 0 Å². The van der Waals surface area contributed by atoms with Crippen LogP contribution in [0.25, 0.3) is 0 Å². The number of halogens is 1. The lowest BCUT2D eigenvalue weighted by atomic mass is 9.85. The van der Waals surface area contributed by atoms with Crippen molar-refractivity contribution in [3.8, 4) is 0 Å². The zero-order valence-electron chi connectivity index (χ0n) is 17.2. The Morgan fingerprint density at radius 2 is 1.84 bits per heavy atom. The average molecular weight is 422 g/mol. The molecular weight excluding hydrogens is 399 g/mol. The molecule has 2 aliphatic heterocycles. The molecule has 1 saturated carbocycles. The Balaban J connectivity index is 1.28. The van der Waals surface area contributed by atoms with Crippen LogP contribution in [-0.4, -0.2) is 69.9 Å². The maximum absolute atomic E-state index is 14.9. The number of fused-ring (bicyclic) bond motifs is 1. The van der Waals surface area contributed by atoms with Gasteiger partial charge in [-0.2, -0.15) is 10.2 Å². The van der Waals surface area contributed by atoms with Gasteiger partial charge in [0, 0.05) is 37.7 Å². The Morgan fingerprint density at radius 1 is 1.13 bits per heavy atom. The highest BCUT2D eigenvalue weighted by molar-refractivity contribution is 6.29. The summed E-state index contributed by atoms with van der Waals surface area (Å²) in [6.07, 6.45) is 6.79. The van der Waals surface area contributed by atoms with Crippen LogP contribution in [0, 0.1) is 5.82 Å². The van der Waals surface area contributed by atoms with Crippen molar-refractivity contribution in [2.75, 3.05) is 26.2 Å². The van der Waals surface area contributed by atoms with Crippen LogP contribution >= 0.6 is 0 Å². The third-order valence-corrected chi connectivity index (χ3v) is 6.39. The zero-order chi connectivity index (χ0) is 21.8. The summed E-state index contributed by atoms with van der Waals surface area (Å²) in [4.78, 5) is 28.3. The Kier molecular flexibility index (Phi) is 4.62. The van der Waals surface area contributed by atoms with Crippen molar-refractivity contribution in [3.05, 3.63) is 58.9 Å². The number of hydrogen-bond donors (Lipinski definition) is 1. The SMILES string of the molecule is CC1=NN=C2C1=CC=CC2c1ccc(C(=O)N2CCN(C(=O)C3(O)CC3)CC2)c(F)c1. The van der Waals surface area contributed by atoms with Gasteiger partial charge in [0.2, 0.25) is 0 Å². The van der Waals surface area contributed by atoms with Gasteiger partial charge in [0.25, 0.3) is 11.8 Å². The first kappa shape index (κ1) is 19.8. The molecule has 0 radical (unpaired) electrons. The van der Waals surface area contributed by atoms with Crippen molar-refractivity contribution in [2.45, 2.75) is 31.3 Å². The second-order valence-corrected chi connectivity index (χ2v) is 8.47. The Labute approximate surface area is 179 Å². The number of rotatable bonds is 3. The minimum atomic E-state index is -1.20. The van der Waals surface area contributed by atoms with Gasteiger partial charge in [-0.25, -0.2) is 4.39 Å². The number of carbonyl (C=O) groups is 2. The van der Waals surface area contributed by atoms with E-state index in [1.165, 1.54) is 12.1 Å². The average Bonchev–Trinajstić information content (AvgIpc) is 3.43. The fourth-order valence-electron chi connectivity index (χ4n) is 4.29. The second-order valence-electron chi connectivity index (χ2n) is 8.47. The number of allylic oxidation sites excluding steroid dienone is 4. The largest absolute Gasteiger partial charge is 0.380 e. The summed E-state index contributed by atoms with van der Waals surface area (Å²) in [5, 5.41) is 18.4. The Bertz CT molecular complexity index is 1090. The molecule has 2 fully saturated rings. The molecule has 1 unspecified atom stereocenters. The fraction of sp³-hybridized carbons (Fsp3) is 0.391. The van der Waals surface area contributed by atoms with Gasteiger partial charge in [-0.05, 0) is 37.5 Å². The van der Waals surface area contributed by atoms with Crippen molar-refractivity contribution in [1.82, 2.24) is 9.80 Å². The van der Waals surface area contributed by atoms with Gasteiger partial charge in [0.15, 0.2) is 0 Å². The van der Waals surface area contributed by atoms with Crippen LogP contribution in [-0.2, 0) is 4.79 Å². The minimum Gasteiger partial charge on any atom is -0.380 e. The van der Waals surface area contributed by atoms with Crippen molar-refractivity contribution >= 4 is 23.2 Å². The van der Waals surface area contributed by atoms with Gasteiger partial charge in [-0.15, -0.1) is 0 Å². The van der Waals surface area contributed by atoms with E-state index in [1.807, 2.05) is 25.2 Å². The number of carbonyl (C=O) groups excluding carboxylic acids is 2. The van der Waals surface area contributed by atoms with Gasteiger partial charge in [0.05, 0.1) is 17.0 Å². The highest BCUT2D eigenvalue weighted by Gasteiger charge is 2.50. The number of benzene rings is 1. The lowest BCUT2D eigenvalue weighted by Gasteiger charge is -2.35. The monoisotopic (exact) mass is 422 g/mol. The summed E-state index contributed by atoms with van der Waals surface area (Å²) in [6.45, 7) is 3.20. The first-order valence-corrected chi connectivity index (χ1v) is 10.5. The third-order valence-electron chi connectivity index (χ3n) is 6.39. The molecule has 2 heterocycles. The van der Waals surface area contributed by atoms with E-state index in [1.54, 1.807) is 15.9 Å². The van der Waals surface area contributed by atoms with Crippen molar-refractivity contribution in [3.63, 3.8) is 0 Å². The smallest absolute Gasteiger partial charge is 0.256 e. The van der Waals surface area contributed by atoms with E-state index < -0.39 is 17.3 Å². The topological polar surface area (TPSA) is 85.6 Å². The van der Waals surface area contributed by atoms with Gasteiger partial charge in [-0.3, -0.25) is 9.59 Å². The van der Waals surface area contributed by atoms with Crippen molar-refractivity contribution in [1.29, 1.82) is 0 Å². The maximum atomic E-state index is 14.9. The number of aliphatic hydroxyl groups is 1. The Hall–Kier alpha value is -3.13. The van der Waals surface area contributed by atoms with E-state index >= 15 is 0 Å². The lowest BCUT2D eigenvalue weighted by molar-refractivity contribution is -0.143. The van der Waals surface area contributed by atoms with E-state index in [-0.39, 0.29) is 17.4 Å². The highest BCUT2D eigenvalue weighted by atomic mass is 19.1. The summed E-state index contributed by atoms with van der Waals surface area (Å²) in [5.41, 5.74) is 2.11. The summed E-state index contributed by atoms with van der Waals surface area (Å²) in [5.74, 6) is -1.44. The van der Waals surface area contributed by atoms with E-state index in [9.17, 15) is 19.1 Å². The maximum Gasteiger partial charge on any atom is 0.256 e. The molecule has 2 aliphatic carbocycles. The van der Waals surface area contributed by atoms with Crippen molar-refractivity contribution < 1.29 is 19.1 Å². The first-order chi connectivity index (χ1) is 14.9. The van der Waals surface area contributed by atoms with Crippen LogP contribution in [0.15, 0.2) is 52.2 Å². The van der Waals surface area contributed by atoms with E-state index in [0.717, 1.165) is 17.0 Å². The van der Waals surface area contributed by atoms with Gasteiger partial charge < -0.3 is 14.9 Å². The molecular formula is C23H23FN4O3. The summed E-state index contributed by atoms with van der Waals surface area (Å²) in [6, 6.07) is 4.67.